The second-order valence-electron chi connectivity index (χ2n) is 6.52. The van der Waals surface area contributed by atoms with Gasteiger partial charge in [0.2, 0.25) is 0 Å². The van der Waals surface area contributed by atoms with Gasteiger partial charge >= 0.3 is 6.03 Å². The molecule has 0 aromatic heterocycles. The number of hydrogen-bond donors (Lipinski definition) is 1. The van der Waals surface area contributed by atoms with Crippen LogP contribution in [-0.4, -0.2) is 72.6 Å². The molecule has 2 aliphatic heterocycles. The highest BCUT2D eigenvalue weighted by molar-refractivity contribution is 5.74. The minimum Gasteiger partial charge on any atom is -0.328 e. The van der Waals surface area contributed by atoms with Crippen molar-refractivity contribution in [1.29, 1.82) is 0 Å². The number of nitrogens with two attached hydrogens (primary N) is 1. The summed E-state index contributed by atoms with van der Waals surface area (Å²) in [5.41, 5.74) is 5.96. The fourth-order valence-corrected chi connectivity index (χ4v) is 3.50. The van der Waals surface area contributed by atoms with Gasteiger partial charge in [-0.3, -0.25) is 0 Å². The van der Waals surface area contributed by atoms with Crippen LogP contribution in [0.15, 0.2) is 0 Å². The normalized spacial score (nSPS) is 22.5. The molecule has 0 aliphatic carbocycles. The number of amides is 2. The van der Waals surface area contributed by atoms with Crippen LogP contribution < -0.4 is 5.73 Å². The van der Waals surface area contributed by atoms with Crippen molar-refractivity contribution in [3.63, 3.8) is 0 Å². The van der Waals surface area contributed by atoms with Crippen LogP contribution in [0.25, 0.3) is 0 Å². The summed E-state index contributed by atoms with van der Waals surface area (Å²) in [5, 5.41) is 0. The Labute approximate surface area is 129 Å². The molecule has 2 N–H and O–H groups in total. The Bertz CT molecular complexity index is 316. The fraction of sp³-hybridized carbons (Fsp3) is 0.938. The molecule has 2 heterocycles. The lowest BCUT2D eigenvalue weighted by atomic mass is 9.95. The molecule has 0 radical (unpaired) electrons. The minimum atomic E-state index is 0.224. The van der Waals surface area contributed by atoms with Gasteiger partial charge in [-0.05, 0) is 58.5 Å². The summed E-state index contributed by atoms with van der Waals surface area (Å²) in [4.78, 5) is 18.8. The number of hydrogen-bond acceptors (Lipinski definition) is 3. The van der Waals surface area contributed by atoms with Crippen LogP contribution in [0.2, 0.25) is 0 Å². The first-order valence-electron chi connectivity index (χ1n) is 8.65. The predicted molar refractivity (Wildman–Crippen MR) is 86.3 cm³/mol. The van der Waals surface area contributed by atoms with Crippen LogP contribution in [0.5, 0.6) is 0 Å². The number of piperidine rings is 2. The molecule has 2 aliphatic rings. The third-order valence-corrected chi connectivity index (χ3v) is 5.07. The molecule has 0 atom stereocenters. The summed E-state index contributed by atoms with van der Waals surface area (Å²) in [6.45, 7) is 11.1. The predicted octanol–water partition coefficient (Wildman–Crippen LogP) is 1.58. The first kappa shape index (κ1) is 16.6. The van der Waals surface area contributed by atoms with Crippen molar-refractivity contribution in [3.05, 3.63) is 0 Å². The summed E-state index contributed by atoms with van der Waals surface area (Å²) in [7, 11) is 0. The van der Waals surface area contributed by atoms with Gasteiger partial charge < -0.3 is 20.4 Å². The molecule has 0 aromatic carbocycles. The van der Waals surface area contributed by atoms with Gasteiger partial charge in [0.15, 0.2) is 0 Å². The molecule has 5 nitrogen and oxygen atoms in total. The molecule has 2 saturated heterocycles. The van der Waals surface area contributed by atoms with Gasteiger partial charge in [0, 0.05) is 38.8 Å². The van der Waals surface area contributed by atoms with E-state index >= 15 is 0 Å². The number of nitrogens with zero attached hydrogens (tertiary/aromatic N) is 3. The average Bonchev–Trinajstić information content (AvgIpc) is 2.51. The number of carbonyl (C=O) groups excluding carboxylic acids is 1. The highest BCUT2D eigenvalue weighted by Gasteiger charge is 2.27. The molecule has 0 spiro atoms. The van der Waals surface area contributed by atoms with Crippen molar-refractivity contribution in [2.24, 2.45) is 11.7 Å². The van der Waals surface area contributed by atoms with E-state index in [-0.39, 0.29) is 6.03 Å². The Hall–Kier alpha value is -0.810. The largest absolute Gasteiger partial charge is 0.328 e. The van der Waals surface area contributed by atoms with E-state index in [9.17, 15) is 4.79 Å². The highest BCUT2D eigenvalue weighted by atomic mass is 16.2. The molecule has 0 unspecified atom stereocenters. The SMILES string of the molecule is CCN(CC)C(=O)N1CCC(CN2CCC(N)CC2)CC1. The van der Waals surface area contributed by atoms with Crippen molar-refractivity contribution in [2.45, 2.75) is 45.6 Å². The zero-order valence-electron chi connectivity index (χ0n) is 13.8. The smallest absolute Gasteiger partial charge is 0.319 e. The van der Waals surface area contributed by atoms with E-state index in [4.69, 9.17) is 5.73 Å². The maximum absolute atomic E-state index is 12.3. The molecule has 2 amide bonds. The second kappa shape index (κ2) is 7.99. The van der Waals surface area contributed by atoms with Crippen molar-refractivity contribution in [2.75, 3.05) is 45.8 Å². The summed E-state index contributed by atoms with van der Waals surface area (Å²) >= 11 is 0. The minimum absolute atomic E-state index is 0.224. The van der Waals surface area contributed by atoms with E-state index in [2.05, 4.69) is 18.7 Å². The summed E-state index contributed by atoms with van der Waals surface area (Å²) in [5.74, 6) is 0.750. The number of likely N-dealkylation sites (tertiary alicyclic amines) is 2. The van der Waals surface area contributed by atoms with Crippen LogP contribution in [0.4, 0.5) is 4.79 Å². The number of rotatable bonds is 4. The summed E-state index contributed by atoms with van der Waals surface area (Å²) in [6, 6.07) is 0.636. The van der Waals surface area contributed by atoms with Gasteiger partial charge in [0.05, 0.1) is 0 Å². The Morgan fingerprint density at radius 3 is 2.14 bits per heavy atom. The zero-order chi connectivity index (χ0) is 15.2. The molecule has 0 aromatic rings. The second-order valence-corrected chi connectivity index (χ2v) is 6.52. The molecular formula is C16H32N4O. The molecular weight excluding hydrogens is 264 g/mol. The molecule has 122 valence electrons. The van der Waals surface area contributed by atoms with Gasteiger partial charge in [0.25, 0.3) is 0 Å². The fourth-order valence-electron chi connectivity index (χ4n) is 3.50. The maximum atomic E-state index is 12.3. The van der Waals surface area contributed by atoms with E-state index in [0.717, 1.165) is 70.9 Å². The lowest BCUT2D eigenvalue weighted by Crippen LogP contribution is -2.48. The van der Waals surface area contributed by atoms with E-state index in [1.54, 1.807) is 0 Å². The van der Waals surface area contributed by atoms with Crippen molar-refractivity contribution < 1.29 is 4.79 Å². The third kappa shape index (κ3) is 4.58. The Kier molecular flexibility index (Phi) is 6.30. The maximum Gasteiger partial charge on any atom is 0.319 e. The van der Waals surface area contributed by atoms with Gasteiger partial charge in [-0.2, -0.15) is 0 Å². The summed E-state index contributed by atoms with van der Waals surface area (Å²) in [6.07, 6.45) is 4.57. The average molecular weight is 296 g/mol. The number of urea groups is 1. The summed E-state index contributed by atoms with van der Waals surface area (Å²) < 4.78 is 0. The van der Waals surface area contributed by atoms with Gasteiger partial charge in [-0.1, -0.05) is 0 Å². The molecule has 2 fully saturated rings. The third-order valence-electron chi connectivity index (χ3n) is 5.07. The van der Waals surface area contributed by atoms with Crippen molar-refractivity contribution >= 4 is 6.03 Å². The molecule has 21 heavy (non-hydrogen) atoms. The Morgan fingerprint density at radius 1 is 1.05 bits per heavy atom. The van der Waals surface area contributed by atoms with Gasteiger partial charge in [0.1, 0.15) is 0 Å². The molecule has 5 heteroatoms. The van der Waals surface area contributed by atoms with Crippen LogP contribution >= 0.6 is 0 Å². The lowest BCUT2D eigenvalue weighted by Gasteiger charge is -2.38. The Morgan fingerprint density at radius 2 is 1.62 bits per heavy atom. The lowest BCUT2D eigenvalue weighted by molar-refractivity contribution is 0.116. The van der Waals surface area contributed by atoms with Crippen LogP contribution in [-0.2, 0) is 0 Å². The van der Waals surface area contributed by atoms with E-state index < -0.39 is 0 Å². The molecule has 0 saturated carbocycles. The Balaban J connectivity index is 1.72. The van der Waals surface area contributed by atoms with E-state index in [1.165, 1.54) is 6.54 Å². The topological polar surface area (TPSA) is 52.8 Å². The van der Waals surface area contributed by atoms with Crippen molar-refractivity contribution in [3.8, 4) is 0 Å². The van der Waals surface area contributed by atoms with Crippen LogP contribution in [0.1, 0.15) is 39.5 Å². The van der Waals surface area contributed by atoms with E-state index in [0.29, 0.717) is 6.04 Å². The first-order valence-corrected chi connectivity index (χ1v) is 8.65. The molecule has 2 rings (SSSR count). The van der Waals surface area contributed by atoms with E-state index in [1.807, 2.05) is 9.80 Å². The highest BCUT2D eigenvalue weighted by Crippen LogP contribution is 2.21. The zero-order valence-corrected chi connectivity index (χ0v) is 13.8. The van der Waals surface area contributed by atoms with Gasteiger partial charge in [-0.15, -0.1) is 0 Å². The van der Waals surface area contributed by atoms with Crippen molar-refractivity contribution in [1.82, 2.24) is 14.7 Å². The van der Waals surface area contributed by atoms with Crippen LogP contribution in [0.3, 0.4) is 0 Å². The molecule has 0 bridgehead atoms. The standard InChI is InChI=1S/C16H32N4O/c1-3-19(4-2)16(21)20-11-5-14(6-12-20)13-18-9-7-15(17)8-10-18/h14-15H,3-13,17H2,1-2H3. The van der Waals surface area contributed by atoms with Crippen LogP contribution in [0, 0.1) is 5.92 Å². The monoisotopic (exact) mass is 296 g/mol. The first-order chi connectivity index (χ1) is 10.1. The number of carbonyl (C=O) groups is 1. The quantitative estimate of drug-likeness (QED) is 0.857. The van der Waals surface area contributed by atoms with Gasteiger partial charge in [-0.25, -0.2) is 4.79 Å².